The summed E-state index contributed by atoms with van der Waals surface area (Å²) in [5.74, 6) is -0.388. The quantitative estimate of drug-likeness (QED) is 0.472. The normalized spacial score (nSPS) is 13.8. The molecule has 32 heavy (non-hydrogen) atoms. The molecule has 0 saturated carbocycles. The van der Waals surface area contributed by atoms with E-state index in [1.165, 1.54) is 6.08 Å². The third-order valence-electron chi connectivity index (χ3n) is 5.14. The Bertz CT molecular complexity index is 1180. The number of anilines is 1. The van der Waals surface area contributed by atoms with Gasteiger partial charge in [0.1, 0.15) is 0 Å². The highest BCUT2D eigenvalue weighted by molar-refractivity contribution is 7.80. The van der Waals surface area contributed by atoms with Crippen LogP contribution in [-0.4, -0.2) is 48.1 Å². The molecule has 0 aliphatic carbocycles. The van der Waals surface area contributed by atoms with Gasteiger partial charge in [0, 0.05) is 30.4 Å². The van der Waals surface area contributed by atoms with E-state index >= 15 is 0 Å². The highest BCUT2D eigenvalue weighted by Crippen LogP contribution is 2.19. The van der Waals surface area contributed by atoms with Crippen molar-refractivity contribution in [3.05, 3.63) is 83.9 Å². The smallest absolute Gasteiger partial charge is 0.254 e. The van der Waals surface area contributed by atoms with Crippen LogP contribution in [-0.2, 0) is 9.53 Å². The first-order valence-electron chi connectivity index (χ1n) is 10.3. The molecule has 0 bridgehead atoms. The zero-order chi connectivity index (χ0) is 22.3. The van der Waals surface area contributed by atoms with Gasteiger partial charge in [0.25, 0.3) is 5.91 Å². The molecule has 3 aromatic carbocycles. The molecular formula is C25H23N3O3S. The summed E-state index contributed by atoms with van der Waals surface area (Å²) in [7, 11) is 0. The second-order valence-electron chi connectivity index (χ2n) is 7.33. The van der Waals surface area contributed by atoms with Crippen LogP contribution in [0.3, 0.4) is 0 Å². The van der Waals surface area contributed by atoms with Crippen LogP contribution < -0.4 is 10.6 Å². The molecule has 2 amide bonds. The van der Waals surface area contributed by atoms with Crippen molar-refractivity contribution >= 4 is 51.7 Å². The van der Waals surface area contributed by atoms with Gasteiger partial charge in [0.15, 0.2) is 5.11 Å². The van der Waals surface area contributed by atoms with Crippen LogP contribution in [0.5, 0.6) is 0 Å². The molecule has 0 unspecified atom stereocenters. The average Bonchev–Trinajstić information content (AvgIpc) is 2.83. The molecule has 0 aromatic heterocycles. The molecule has 2 N–H and O–H groups in total. The number of nitrogens with zero attached hydrogens (tertiary/aromatic N) is 1. The Kier molecular flexibility index (Phi) is 6.89. The van der Waals surface area contributed by atoms with E-state index in [0.29, 0.717) is 37.6 Å². The Morgan fingerprint density at radius 3 is 2.56 bits per heavy atom. The molecule has 6 nitrogen and oxygen atoms in total. The van der Waals surface area contributed by atoms with Crippen LogP contribution in [0.25, 0.3) is 16.8 Å². The lowest BCUT2D eigenvalue weighted by atomic mass is 10.0. The second kappa shape index (κ2) is 10.2. The summed E-state index contributed by atoms with van der Waals surface area (Å²) < 4.78 is 5.30. The van der Waals surface area contributed by atoms with Crippen molar-refractivity contribution in [3.8, 4) is 0 Å². The molecule has 7 heteroatoms. The van der Waals surface area contributed by atoms with Crippen molar-refractivity contribution in [2.75, 3.05) is 31.6 Å². The molecule has 162 valence electrons. The lowest BCUT2D eigenvalue weighted by Crippen LogP contribution is -2.40. The molecule has 1 heterocycles. The minimum atomic E-state index is -0.337. The highest BCUT2D eigenvalue weighted by Gasteiger charge is 2.18. The minimum Gasteiger partial charge on any atom is -0.378 e. The Labute approximate surface area is 191 Å². The van der Waals surface area contributed by atoms with E-state index in [1.54, 1.807) is 35.2 Å². The first kappa shape index (κ1) is 21.7. The summed E-state index contributed by atoms with van der Waals surface area (Å²) in [5, 5.41) is 7.95. The monoisotopic (exact) mass is 445 g/mol. The first-order valence-corrected chi connectivity index (χ1v) is 10.8. The summed E-state index contributed by atoms with van der Waals surface area (Å²) in [6, 6.07) is 21.0. The number of thiocarbonyl (C=S) groups is 1. The lowest BCUT2D eigenvalue weighted by molar-refractivity contribution is -0.115. The van der Waals surface area contributed by atoms with Crippen LogP contribution in [0.15, 0.2) is 72.8 Å². The SMILES string of the molecule is O=C(/C=C/c1cccc2ccccc12)NC(=S)Nc1cccc(C(=O)N2CCOCC2)c1. The molecule has 3 aromatic rings. The Balaban J connectivity index is 1.36. The summed E-state index contributed by atoms with van der Waals surface area (Å²) in [6.07, 6.45) is 3.22. The van der Waals surface area contributed by atoms with E-state index in [0.717, 1.165) is 16.3 Å². The number of amides is 2. The number of benzene rings is 3. The lowest BCUT2D eigenvalue weighted by Gasteiger charge is -2.27. The Morgan fingerprint density at radius 2 is 1.72 bits per heavy atom. The van der Waals surface area contributed by atoms with E-state index in [-0.39, 0.29) is 16.9 Å². The Morgan fingerprint density at radius 1 is 0.969 bits per heavy atom. The van der Waals surface area contributed by atoms with Gasteiger partial charge < -0.3 is 15.0 Å². The fourth-order valence-electron chi connectivity index (χ4n) is 3.56. The van der Waals surface area contributed by atoms with Gasteiger partial charge in [-0.3, -0.25) is 14.9 Å². The van der Waals surface area contributed by atoms with Crippen LogP contribution >= 0.6 is 12.2 Å². The van der Waals surface area contributed by atoms with Gasteiger partial charge >= 0.3 is 0 Å². The average molecular weight is 446 g/mol. The maximum absolute atomic E-state index is 12.7. The molecule has 0 radical (unpaired) electrons. The predicted molar refractivity (Wildman–Crippen MR) is 131 cm³/mol. The number of fused-ring (bicyclic) bond motifs is 1. The summed E-state index contributed by atoms with van der Waals surface area (Å²) in [4.78, 5) is 26.8. The van der Waals surface area contributed by atoms with Gasteiger partial charge in [-0.15, -0.1) is 0 Å². The molecule has 1 saturated heterocycles. The molecular weight excluding hydrogens is 422 g/mol. The van der Waals surface area contributed by atoms with Gasteiger partial charge in [0.2, 0.25) is 5.91 Å². The van der Waals surface area contributed by atoms with E-state index in [2.05, 4.69) is 10.6 Å². The standard InChI is InChI=1S/C25H23N3O3S/c29-23(12-11-19-7-3-6-18-5-1-2-10-22(18)19)27-25(32)26-21-9-4-8-20(17-21)24(30)28-13-15-31-16-14-28/h1-12,17H,13-16H2,(H2,26,27,29,32)/b12-11+. The largest absolute Gasteiger partial charge is 0.378 e. The van der Waals surface area contributed by atoms with Crippen LogP contribution in [0.2, 0.25) is 0 Å². The van der Waals surface area contributed by atoms with E-state index in [4.69, 9.17) is 17.0 Å². The number of morpholine rings is 1. The number of hydrogen-bond donors (Lipinski definition) is 2. The zero-order valence-corrected chi connectivity index (χ0v) is 18.2. The van der Waals surface area contributed by atoms with Gasteiger partial charge in [-0.25, -0.2) is 0 Å². The van der Waals surface area contributed by atoms with Crippen molar-refractivity contribution in [1.82, 2.24) is 10.2 Å². The van der Waals surface area contributed by atoms with Crippen molar-refractivity contribution < 1.29 is 14.3 Å². The summed E-state index contributed by atoms with van der Waals surface area (Å²) in [5.41, 5.74) is 2.14. The molecule has 0 atom stereocenters. The minimum absolute atomic E-state index is 0.0510. The zero-order valence-electron chi connectivity index (χ0n) is 17.4. The van der Waals surface area contributed by atoms with Gasteiger partial charge in [-0.2, -0.15) is 0 Å². The van der Waals surface area contributed by atoms with Gasteiger partial charge in [0.05, 0.1) is 13.2 Å². The molecule has 1 aliphatic heterocycles. The molecule has 1 aliphatic rings. The number of carbonyl (C=O) groups excluding carboxylic acids is 2. The number of hydrogen-bond acceptors (Lipinski definition) is 4. The second-order valence-corrected chi connectivity index (χ2v) is 7.74. The molecule has 1 fully saturated rings. The topological polar surface area (TPSA) is 70.7 Å². The number of rotatable bonds is 4. The third kappa shape index (κ3) is 5.38. The van der Waals surface area contributed by atoms with E-state index in [1.807, 2.05) is 42.5 Å². The number of ether oxygens (including phenoxy) is 1. The maximum Gasteiger partial charge on any atom is 0.254 e. The summed E-state index contributed by atoms with van der Waals surface area (Å²) >= 11 is 5.27. The highest BCUT2D eigenvalue weighted by atomic mass is 32.1. The first-order chi connectivity index (χ1) is 15.6. The fourth-order valence-corrected chi connectivity index (χ4v) is 3.77. The van der Waals surface area contributed by atoms with Crippen molar-refractivity contribution in [2.24, 2.45) is 0 Å². The van der Waals surface area contributed by atoms with Gasteiger partial charge in [-0.1, -0.05) is 48.5 Å². The maximum atomic E-state index is 12.7. The van der Waals surface area contributed by atoms with Crippen molar-refractivity contribution in [3.63, 3.8) is 0 Å². The van der Waals surface area contributed by atoms with Crippen molar-refractivity contribution in [2.45, 2.75) is 0 Å². The number of carbonyl (C=O) groups is 2. The number of nitrogens with one attached hydrogen (secondary N) is 2. The van der Waals surface area contributed by atoms with Crippen LogP contribution in [0.4, 0.5) is 5.69 Å². The van der Waals surface area contributed by atoms with Crippen molar-refractivity contribution in [1.29, 1.82) is 0 Å². The third-order valence-corrected chi connectivity index (χ3v) is 5.34. The fraction of sp³-hybridized carbons (Fsp3) is 0.160. The van der Waals surface area contributed by atoms with Crippen LogP contribution in [0.1, 0.15) is 15.9 Å². The van der Waals surface area contributed by atoms with Gasteiger partial charge in [-0.05, 0) is 52.8 Å². The van der Waals surface area contributed by atoms with E-state index < -0.39 is 0 Å². The summed E-state index contributed by atoms with van der Waals surface area (Å²) in [6.45, 7) is 2.25. The molecule has 0 spiro atoms. The van der Waals surface area contributed by atoms with E-state index in [9.17, 15) is 9.59 Å². The predicted octanol–water partition coefficient (Wildman–Crippen LogP) is 3.84. The molecule has 4 rings (SSSR count). The Hall–Kier alpha value is -3.55. The van der Waals surface area contributed by atoms with Crippen LogP contribution in [0, 0.1) is 0 Å².